The molecule has 8 heteroatoms. The lowest BCUT2D eigenvalue weighted by atomic mass is 9.92. The molecule has 0 aliphatic carbocycles. The zero-order valence-electron chi connectivity index (χ0n) is 11.5. The van der Waals surface area contributed by atoms with Gasteiger partial charge in [0.1, 0.15) is 24.1 Å². The van der Waals surface area contributed by atoms with Crippen LogP contribution in [0, 0.1) is 0 Å². The highest BCUT2D eigenvalue weighted by Crippen LogP contribution is 2.47. The third-order valence-electron chi connectivity index (χ3n) is 4.01. The summed E-state index contributed by atoms with van der Waals surface area (Å²) in [6, 6.07) is 1.50. The molecule has 3 heterocycles. The van der Waals surface area contributed by atoms with E-state index in [0.29, 0.717) is 0 Å². The molecule has 114 valence electrons. The van der Waals surface area contributed by atoms with Crippen molar-refractivity contribution in [3.05, 3.63) is 35.4 Å². The minimum Gasteiger partial charge on any atom is -0.386 e. The van der Waals surface area contributed by atoms with Gasteiger partial charge >= 0.3 is 5.69 Å². The van der Waals surface area contributed by atoms with Crippen molar-refractivity contribution in [2.24, 2.45) is 0 Å². The van der Waals surface area contributed by atoms with Crippen molar-refractivity contribution in [3.8, 4) is 0 Å². The lowest BCUT2D eigenvalue weighted by molar-refractivity contribution is -0.202. The first kappa shape index (κ1) is 14.2. The SMILES string of the molecule is C=C[C@H](O)[C@@]12CO[C@@H]([C@H](n3ccc(N)nc3=O)O1)[C@@H]2OC. The Morgan fingerprint density at radius 2 is 2.52 bits per heavy atom. The van der Waals surface area contributed by atoms with E-state index in [-0.39, 0.29) is 12.4 Å². The zero-order chi connectivity index (χ0) is 15.2. The van der Waals surface area contributed by atoms with Gasteiger partial charge in [-0.2, -0.15) is 4.98 Å². The predicted octanol–water partition coefficient (Wildman–Crippen LogP) is -0.946. The van der Waals surface area contributed by atoms with Crippen molar-refractivity contribution < 1.29 is 19.3 Å². The van der Waals surface area contributed by atoms with Gasteiger partial charge in [0, 0.05) is 13.3 Å². The van der Waals surface area contributed by atoms with Crippen LogP contribution in [-0.2, 0) is 14.2 Å². The Morgan fingerprint density at radius 3 is 3.14 bits per heavy atom. The third kappa shape index (κ3) is 1.91. The van der Waals surface area contributed by atoms with Crippen molar-refractivity contribution in [2.45, 2.75) is 30.1 Å². The Morgan fingerprint density at radius 1 is 1.76 bits per heavy atom. The van der Waals surface area contributed by atoms with Gasteiger partial charge in [-0.15, -0.1) is 6.58 Å². The molecule has 0 spiro atoms. The van der Waals surface area contributed by atoms with Gasteiger partial charge in [0.2, 0.25) is 0 Å². The average molecular weight is 295 g/mol. The van der Waals surface area contributed by atoms with E-state index in [9.17, 15) is 9.90 Å². The molecule has 8 nitrogen and oxygen atoms in total. The molecule has 2 fully saturated rings. The second kappa shape index (κ2) is 4.92. The molecule has 2 aliphatic rings. The summed E-state index contributed by atoms with van der Waals surface area (Å²) in [7, 11) is 1.51. The molecule has 0 saturated carbocycles. The molecule has 21 heavy (non-hydrogen) atoms. The fourth-order valence-corrected chi connectivity index (χ4v) is 2.99. The largest absolute Gasteiger partial charge is 0.386 e. The molecule has 3 rings (SSSR count). The number of aliphatic hydroxyl groups excluding tert-OH is 1. The Bertz CT molecular complexity index is 618. The van der Waals surface area contributed by atoms with E-state index < -0.39 is 35.8 Å². The fraction of sp³-hybridized carbons (Fsp3) is 0.538. The van der Waals surface area contributed by atoms with Gasteiger partial charge in [-0.05, 0) is 6.07 Å². The zero-order valence-corrected chi connectivity index (χ0v) is 11.5. The maximum atomic E-state index is 12.0. The van der Waals surface area contributed by atoms with Crippen LogP contribution in [0.25, 0.3) is 0 Å². The predicted molar refractivity (Wildman–Crippen MR) is 72.5 cm³/mol. The summed E-state index contributed by atoms with van der Waals surface area (Å²) in [6.45, 7) is 3.74. The summed E-state index contributed by atoms with van der Waals surface area (Å²) in [5.41, 5.74) is 3.85. The molecule has 0 amide bonds. The van der Waals surface area contributed by atoms with Crippen LogP contribution < -0.4 is 11.4 Å². The number of methoxy groups -OCH3 is 1. The molecule has 2 aliphatic heterocycles. The number of nitrogen functional groups attached to an aromatic ring is 1. The number of rotatable bonds is 4. The minimum absolute atomic E-state index is 0.129. The highest BCUT2D eigenvalue weighted by atomic mass is 16.7. The second-order valence-corrected chi connectivity index (χ2v) is 5.12. The Labute approximate surface area is 120 Å². The summed E-state index contributed by atoms with van der Waals surface area (Å²) in [6.07, 6.45) is 0.103. The maximum Gasteiger partial charge on any atom is 0.351 e. The second-order valence-electron chi connectivity index (χ2n) is 5.12. The van der Waals surface area contributed by atoms with Crippen LogP contribution in [-0.4, -0.2) is 52.3 Å². The van der Waals surface area contributed by atoms with E-state index in [0.717, 1.165) is 0 Å². The fourth-order valence-electron chi connectivity index (χ4n) is 2.99. The first-order valence-electron chi connectivity index (χ1n) is 6.51. The molecule has 0 radical (unpaired) electrons. The molecule has 0 aromatic carbocycles. The number of aliphatic hydroxyl groups is 1. The van der Waals surface area contributed by atoms with Crippen LogP contribution >= 0.6 is 0 Å². The first-order valence-corrected chi connectivity index (χ1v) is 6.51. The third-order valence-corrected chi connectivity index (χ3v) is 4.01. The highest BCUT2D eigenvalue weighted by molar-refractivity contribution is 5.24. The maximum absolute atomic E-state index is 12.0. The molecule has 2 saturated heterocycles. The molecule has 2 bridgehead atoms. The Balaban J connectivity index is 2.01. The summed E-state index contributed by atoms with van der Waals surface area (Å²) in [5.74, 6) is 0.129. The van der Waals surface area contributed by atoms with Gasteiger partial charge in [0.15, 0.2) is 11.8 Å². The van der Waals surface area contributed by atoms with E-state index in [1.54, 1.807) is 0 Å². The van der Waals surface area contributed by atoms with Crippen LogP contribution in [0.15, 0.2) is 29.7 Å². The van der Waals surface area contributed by atoms with E-state index in [1.165, 1.54) is 30.0 Å². The number of nitrogens with two attached hydrogens (primary N) is 1. The normalized spacial score (nSPS) is 35.8. The van der Waals surface area contributed by atoms with Crippen molar-refractivity contribution in [2.75, 3.05) is 19.5 Å². The number of hydrogen-bond donors (Lipinski definition) is 2. The van der Waals surface area contributed by atoms with Gasteiger partial charge in [0.25, 0.3) is 0 Å². The standard InChI is InChI=1S/C13H17N3O5/c1-3-7(17)13-6-20-9(10(13)19-2)11(21-13)16-5-4-8(14)15-12(16)18/h3-5,7,9-11,17H,1,6H2,2H3,(H2,14,15,18)/t7-,9+,10-,11+,13+/m0/s1. The van der Waals surface area contributed by atoms with Crippen LogP contribution in [0.5, 0.6) is 0 Å². The van der Waals surface area contributed by atoms with E-state index in [4.69, 9.17) is 19.9 Å². The number of nitrogens with zero attached hydrogens (tertiary/aromatic N) is 2. The smallest absolute Gasteiger partial charge is 0.351 e. The van der Waals surface area contributed by atoms with Crippen molar-refractivity contribution in [1.82, 2.24) is 9.55 Å². The number of ether oxygens (including phenoxy) is 3. The van der Waals surface area contributed by atoms with Gasteiger partial charge in [0.05, 0.1) is 6.61 Å². The molecular weight excluding hydrogens is 278 g/mol. The summed E-state index contributed by atoms with van der Waals surface area (Å²) in [4.78, 5) is 15.6. The van der Waals surface area contributed by atoms with Crippen molar-refractivity contribution in [3.63, 3.8) is 0 Å². The van der Waals surface area contributed by atoms with E-state index in [1.807, 2.05) is 0 Å². The summed E-state index contributed by atoms with van der Waals surface area (Å²) >= 11 is 0. The number of fused-ring (bicyclic) bond motifs is 2. The molecule has 3 N–H and O–H groups in total. The van der Waals surface area contributed by atoms with Crippen LogP contribution in [0.4, 0.5) is 5.82 Å². The topological polar surface area (TPSA) is 109 Å². The molecule has 0 unspecified atom stereocenters. The quantitative estimate of drug-likeness (QED) is 0.689. The number of anilines is 1. The van der Waals surface area contributed by atoms with Crippen molar-refractivity contribution >= 4 is 5.82 Å². The van der Waals surface area contributed by atoms with E-state index >= 15 is 0 Å². The number of aromatic nitrogens is 2. The molecule has 5 atom stereocenters. The first-order chi connectivity index (χ1) is 10.0. The molecular formula is C13H17N3O5. The summed E-state index contributed by atoms with van der Waals surface area (Å²) in [5, 5.41) is 10.2. The Kier molecular flexibility index (Phi) is 3.33. The number of hydrogen-bond acceptors (Lipinski definition) is 7. The van der Waals surface area contributed by atoms with Crippen LogP contribution in [0.1, 0.15) is 6.23 Å². The highest BCUT2D eigenvalue weighted by Gasteiger charge is 2.65. The van der Waals surface area contributed by atoms with Crippen molar-refractivity contribution in [1.29, 1.82) is 0 Å². The lowest BCUT2D eigenvalue weighted by Gasteiger charge is -2.33. The average Bonchev–Trinajstić information content (AvgIpc) is 2.99. The lowest BCUT2D eigenvalue weighted by Crippen LogP contribution is -2.51. The monoisotopic (exact) mass is 295 g/mol. The van der Waals surface area contributed by atoms with Gasteiger partial charge in [-0.1, -0.05) is 6.08 Å². The minimum atomic E-state index is -1.08. The van der Waals surface area contributed by atoms with Gasteiger partial charge in [-0.3, -0.25) is 4.57 Å². The van der Waals surface area contributed by atoms with Gasteiger partial charge in [-0.25, -0.2) is 4.79 Å². The molecule has 1 aromatic rings. The Hall–Kier alpha value is -1.74. The van der Waals surface area contributed by atoms with Gasteiger partial charge < -0.3 is 25.1 Å². The summed E-state index contributed by atoms with van der Waals surface area (Å²) < 4.78 is 18.3. The van der Waals surface area contributed by atoms with Crippen LogP contribution in [0.3, 0.4) is 0 Å². The van der Waals surface area contributed by atoms with E-state index in [2.05, 4.69) is 11.6 Å². The molecule has 1 aromatic heterocycles. The van der Waals surface area contributed by atoms with Crippen LogP contribution in [0.2, 0.25) is 0 Å².